The van der Waals surface area contributed by atoms with Crippen molar-refractivity contribution in [1.29, 1.82) is 0 Å². The Bertz CT molecular complexity index is 653. The maximum Gasteiger partial charge on any atom is 0.326 e. The summed E-state index contributed by atoms with van der Waals surface area (Å²) in [5.74, 6) is -4.43. The number of unbranched alkanes of at least 4 members (excludes halogenated alkanes) is 1. The molecule has 32 heavy (non-hydrogen) atoms. The number of amides is 3. The van der Waals surface area contributed by atoms with Crippen LogP contribution in [0.15, 0.2) is 0 Å². The third kappa shape index (κ3) is 12.1. The summed E-state index contributed by atoms with van der Waals surface area (Å²) in [7, 11) is 0. The molecule has 3 amide bonds. The third-order valence-electron chi connectivity index (χ3n) is 4.35. The first-order chi connectivity index (χ1) is 15.1. The highest BCUT2D eigenvalue weighted by Crippen LogP contribution is 2.06. The van der Waals surface area contributed by atoms with Crippen LogP contribution in [0.5, 0.6) is 0 Å². The van der Waals surface area contributed by atoms with E-state index in [1.165, 1.54) is 11.8 Å². The summed E-state index contributed by atoms with van der Waals surface area (Å²) >= 11 is 5.36. The largest absolute Gasteiger partial charge is 0.481 e. The lowest BCUT2D eigenvalue weighted by atomic mass is 10.1. The molecular formula is C18H33N5O7S2. The van der Waals surface area contributed by atoms with Crippen LogP contribution >= 0.6 is 24.4 Å². The molecule has 14 heteroatoms. The highest BCUT2D eigenvalue weighted by molar-refractivity contribution is 7.98. The molecule has 0 saturated heterocycles. The minimum absolute atomic E-state index is 0.0713. The number of hydrogen-bond donors (Lipinski definition) is 8. The molecule has 0 spiro atoms. The molecule has 184 valence electrons. The van der Waals surface area contributed by atoms with E-state index in [0.29, 0.717) is 25.1 Å². The predicted octanol–water partition coefficient (Wildman–Crippen LogP) is -1.86. The third-order valence-corrected chi connectivity index (χ3v) is 5.39. The summed E-state index contributed by atoms with van der Waals surface area (Å²) in [4.78, 5) is 59.7. The van der Waals surface area contributed by atoms with E-state index < -0.39 is 60.2 Å². The van der Waals surface area contributed by atoms with E-state index in [1.54, 1.807) is 6.26 Å². The molecule has 0 aromatic rings. The van der Waals surface area contributed by atoms with Gasteiger partial charge in [-0.1, -0.05) is 0 Å². The van der Waals surface area contributed by atoms with E-state index in [2.05, 4.69) is 28.6 Å². The van der Waals surface area contributed by atoms with Crippen LogP contribution < -0.4 is 27.4 Å². The van der Waals surface area contributed by atoms with Crippen molar-refractivity contribution in [3.8, 4) is 0 Å². The van der Waals surface area contributed by atoms with Crippen LogP contribution in [0.25, 0.3) is 0 Å². The van der Waals surface area contributed by atoms with Crippen LogP contribution in [-0.2, 0) is 24.0 Å². The quantitative estimate of drug-likeness (QED) is 0.0831. The Morgan fingerprint density at radius 1 is 0.906 bits per heavy atom. The number of aliphatic carboxylic acids is 2. The fourth-order valence-electron chi connectivity index (χ4n) is 2.55. The van der Waals surface area contributed by atoms with Gasteiger partial charge >= 0.3 is 11.9 Å². The molecule has 0 heterocycles. The van der Waals surface area contributed by atoms with Crippen molar-refractivity contribution >= 4 is 54.1 Å². The number of thioether (sulfide) groups is 1. The molecule has 0 bridgehead atoms. The fourth-order valence-corrected chi connectivity index (χ4v) is 3.18. The number of carboxylic acids is 2. The molecule has 0 fully saturated rings. The van der Waals surface area contributed by atoms with Crippen molar-refractivity contribution in [3.05, 3.63) is 0 Å². The lowest BCUT2D eigenvalue weighted by Gasteiger charge is -2.25. The summed E-state index contributed by atoms with van der Waals surface area (Å²) < 4.78 is 0. The number of thiol groups is 1. The van der Waals surface area contributed by atoms with E-state index in [1.807, 2.05) is 0 Å². The molecule has 0 aromatic carbocycles. The highest BCUT2D eigenvalue weighted by atomic mass is 32.2. The lowest BCUT2D eigenvalue weighted by molar-refractivity contribution is -0.147. The Kier molecular flexibility index (Phi) is 15.5. The average molecular weight is 496 g/mol. The Morgan fingerprint density at radius 2 is 1.44 bits per heavy atom. The molecular weight excluding hydrogens is 462 g/mol. The molecule has 0 radical (unpaired) electrons. The zero-order valence-corrected chi connectivity index (χ0v) is 19.6. The van der Waals surface area contributed by atoms with Gasteiger partial charge in [0.05, 0.1) is 12.5 Å². The second-order valence-corrected chi connectivity index (χ2v) is 8.33. The molecule has 12 nitrogen and oxygen atoms in total. The lowest BCUT2D eigenvalue weighted by Crippen LogP contribution is -2.57. The van der Waals surface area contributed by atoms with Crippen LogP contribution in [0.4, 0.5) is 0 Å². The first kappa shape index (κ1) is 30.0. The van der Waals surface area contributed by atoms with Crippen molar-refractivity contribution in [3.63, 3.8) is 0 Å². The monoisotopic (exact) mass is 495 g/mol. The number of carbonyl (C=O) groups is 5. The minimum Gasteiger partial charge on any atom is -0.481 e. The summed E-state index contributed by atoms with van der Waals surface area (Å²) in [5.41, 5.74) is 11.1. The maximum absolute atomic E-state index is 12.8. The van der Waals surface area contributed by atoms with E-state index in [4.69, 9.17) is 21.7 Å². The first-order valence-electron chi connectivity index (χ1n) is 9.98. The van der Waals surface area contributed by atoms with E-state index in [-0.39, 0.29) is 18.6 Å². The van der Waals surface area contributed by atoms with Gasteiger partial charge < -0.3 is 37.6 Å². The number of rotatable bonds is 17. The van der Waals surface area contributed by atoms with Crippen LogP contribution in [0.1, 0.15) is 32.1 Å². The van der Waals surface area contributed by atoms with Gasteiger partial charge in [-0.25, -0.2) is 4.79 Å². The summed E-state index contributed by atoms with van der Waals surface area (Å²) in [6.07, 6.45) is 2.54. The van der Waals surface area contributed by atoms with Gasteiger partial charge in [-0.05, 0) is 44.2 Å². The number of carboxylic acid groups (broad SMARTS) is 2. The van der Waals surface area contributed by atoms with Crippen LogP contribution in [-0.4, -0.2) is 88.3 Å². The molecule has 0 aromatic heterocycles. The molecule has 0 aliphatic heterocycles. The topological polar surface area (TPSA) is 214 Å². The van der Waals surface area contributed by atoms with Gasteiger partial charge in [0, 0.05) is 5.75 Å². The molecule has 0 saturated carbocycles. The molecule has 0 aliphatic rings. The van der Waals surface area contributed by atoms with Gasteiger partial charge in [0.25, 0.3) is 0 Å². The summed E-state index contributed by atoms with van der Waals surface area (Å²) in [6, 6.07) is -4.69. The van der Waals surface area contributed by atoms with Crippen molar-refractivity contribution in [2.75, 3.05) is 24.3 Å². The fraction of sp³-hybridized carbons (Fsp3) is 0.722. The van der Waals surface area contributed by atoms with Crippen LogP contribution in [0.3, 0.4) is 0 Å². The predicted molar refractivity (Wildman–Crippen MR) is 123 cm³/mol. The van der Waals surface area contributed by atoms with Crippen molar-refractivity contribution in [1.82, 2.24) is 16.0 Å². The van der Waals surface area contributed by atoms with Crippen molar-refractivity contribution in [2.24, 2.45) is 11.5 Å². The Morgan fingerprint density at radius 3 is 1.91 bits per heavy atom. The van der Waals surface area contributed by atoms with Gasteiger partial charge in [-0.3, -0.25) is 19.2 Å². The molecule has 4 atom stereocenters. The van der Waals surface area contributed by atoms with E-state index in [0.717, 1.165) is 0 Å². The summed E-state index contributed by atoms with van der Waals surface area (Å²) in [6.45, 7) is 0.400. The smallest absolute Gasteiger partial charge is 0.326 e. The van der Waals surface area contributed by atoms with Gasteiger partial charge in [0.1, 0.15) is 18.1 Å². The van der Waals surface area contributed by atoms with Gasteiger partial charge in [0.15, 0.2) is 0 Å². The standard InChI is InChI=1S/C18H33N5O7S2/c1-32-7-5-12(17(28)23-13(18(29)30)8-14(24)25)22-16(27)11(4-2-3-6-19)21-15(26)10(20)9-31/h10-13,31H,2-9,19-20H2,1H3,(H,21,26)(H,22,27)(H,23,28)(H,24,25)(H,29,30). The number of nitrogens with two attached hydrogens (primary N) is 2. The van der Waals surface area contributed by atoms with Gasteiger partial charge in [-0.2, -0.15) is 24.4 Å². The second-order valence-electron chi connectivity index (χ2n) is 6.97. The number of hydrogen-bond acceptors (Lipinski definition) is 9. The van der Waals surface area contributed by atoms with Gasteiger partial charge in [-0.15, -0.1) is 0 Å². The van der Waals surface area contributed by atoms with Crippen molar-refractivity contribution < 1.29 is 34.2 Å². The van der Waals surface area contributed by atoms with E-state index in [9.17, 15) is 24.0 Å². The Balaban J connectivity index is 5.41. The molecule has 0 rings (SSSR count). The van der Waals surface area contributed by atoms with Crippen molar-refractivity contribution in [2.45, 2.75) is 56.3 Å². The maximum atomic E-state index is 12.8. The molecule has 4 unspecified atom stereocenters. The Hall–Kier alpha value is -2.03. The molecule has 0 aliphatic carbocycles. The normalized spacial score (nSPS) is 14.5. The van der Waals surface area contributed by atoms with Crippen LogP contribution in [0.2, 0.25) is 0 Å². The first-order valence-corrected chi connectivity index (χ1v) is 12.0. The summed E-state index contributed by atoms with van der Waals surface area (Å²) in [5, 5.41) is 25.2. The van der Waals surface area contributed by atoms with Crippen LogP contribution in [0, 0.1) is 0 Å². The second kappa shape index (κ2) is 16.6. The zero-order valence-electron chi connectivity index (χ0n) is 17.9. The number of nitrogens with one attached hydrogen (secondary N) is 3. The van der Waals surface area contributed by atoms with E-state index >= 15 is 0 Å². The zero-order chi connectivity index (χ0) is 24.7. The minimum atomic E-state index is -1.65. The average Bonchev–Trinajstić information content (AvgIpc) is 2.73. The highest BCUT2D eigenvalue weighted by Gasteiger charge is 2.30. The van der Waals surface area contributed by atoms with Gasteiger partial charge in [0.2, 0.25) is 17.7 Å². The molecule has 9 N–H and O–H groups in total. The number of carbonyl (C=O) groups excluding carboxylic acids is 3. The Labute approximate surface area is 196 Å². The SMILES string of the molecule is CSCCC(NC(=O)C(CCCCN)NC(=O)C(N)CS)C(=O)NC(CC(=O)O)C(=O)O.